The van der Waals surface area contributed by atoms with Crippen molar-refractivity contribution < 1.29 is 4.74 Å². The normalized spacial score (nSPS) is 12.1. The van der Waals surface area contributed by atoms with E-state index in [1.165, 1.54) is 16.7 Å². The Morgan fingerprint density at radius 2 is 1.57 bits per heavy atom. The van der Waals surface area contributed by atoms with Crippen LogP contribution in [0.5, 0.6) is 5.75 Å². The first-order valence-corrected chi connectivity index (χ1v) is 7.53. The highest BCUT2D eigenvalue weighted by molar-refractivity contribution is 5.31. The standard InChI is InChI=1S/C18H24N2O/c1-3-14-5-7-15(8-6-14)13-18(20-19)16-9-11-17(12-10-16)21-4-2/h5-12,18,20H,3-4,13,19H2,1-2H3. The lowest BCUT2D eigenvalue weighted by Crippen LogP contribution is -2.29. The molecule has 112 valence electrons. The first-order valence-electron chi connectivity index (χ1n) is 7.53. The van der Waals surface area contributed by atoms with Gasteiger partial charge in [0, 0.05) is 6.04 Å². The second-order valence-corrected chi connectivity index (χ2v) is 5.10. The molecule has 0 amide bonds. The largest absolute Gasteiger partial charge is 0.494 e. The Bertz CT molecular complexity index is 534. The first kappa shape index (κ1) is 15.5. The molecule has 1 unspecified atom stereocenters. The van der Waals surface area contributed by atoms with Gasteiger partial charge in [0.25, 0.3) is 0 Å². The summed E-state index contributed by atoms with van der Waals surface area (Å²) >= 11 is 0. The smallest absolute Gasteiger partial charge is 0.119 e. The van der Waals surface area contributed by atoms with E-state index in [9.17, 15) is 0 Å². The molecule has 0 aromatic heterocycles. The zero-order valence-electron chi connectivity index (χ0n) is 12.8. The van der Waals surface area contributed by atoms with Crippen LogP contribution in [0, 0.1) is 0 Å². The van der Waals surface area contributed by atoms with E-state index in [1.54, 1.807) is 0 Å². The van der Waals surface area contributed by atoms with E-state index in [-0.39, 0.29) is 6.04 Å². The molecule has 0 aliphatic carbocycles. The van der Waals surface area contributed by atoms with Gasteiger partial charge in [-0.25, -0.2) is 0 Å². The third kappa shape index (κ3) is 4.31. The van der Waals surface area contributed by atoms with E-state index in [0.717, 1.165) is 18.6 Å². The molecule has 21 heavy (non-hydrogen) atoms. The molecule has 0 bridgehead atoms. The quantitative estimate of drug-likeness (QED) is 0.605. The van der Waals surface area contributed by atoms with Crippen LogP contribution >= 0.6 is 0 Å². The van der Waals surface area contributed by atoms with Gasteiger partial charge in [0.2, 0.25) is 0 Å². The van der Waals surface area contributed by atoms with E-state index in [1.807, 2.05) is 19.1 Å². The summed E-state index contributed by atoms with van der Waals surface area (Å²) in [6.07, 6.45) is 1.94. The number of rotatable bonds is 7. The molecule has 0 spiro atoms. The number of benzene rings is 2. The van der Waals surface area contributed by atoms with Gasteiger partial charge in [0.1, 0.15) is 5.75 Å². The maximum atomic E-state index is 5.72. The summed E-state index contributed by atoms with van der Waals surface area (Å²) in [6.45, 7) is 4.83. The van der Waals surface area contributed by atoms with Crippen LogP contribution in [-0.4, -0.2) is 6.61 Å². The molecule has 3 N–H and O–H groups in total. The topological polar surface area (TPSA) is 47.3 Å². The highest BCUT2D eigenvalue weighted by Gasteiger charge is 2.10. The minimum atomic E-state index is 0.105. The Morgan fingerprint density at radius 1 is 0.952 bits per heavy atom. The molecule has 0 heterocycles. The summed E-state index contributed by atoms with van der Waals surface area (Å²) in [7, 11) is 0. The molecule has 0 aliphatic heterocycles. The van der Waals surface area contributed by atoms with E-state index in [4.69, 9.17) is 10.6 Å². The molecule has 0 saturated carbocycles. The molecule has 0 fully saturated rings. The molecular weight excluding hydrogens is 260 g/mol. The number of nitrogens with one attached hydrogen (secondary N) is 1. The number of hydrogen-bond donors (Lipinski definition) is 2. The Hall–Kier alpha value is -1.84. The van der Waals surface area contributed by atoms with Gasteiger partial charge in [-0.3, -0.25) is 11.3 Å². The van der Waals surface area contributed by atoms with Crippen molar-refractivity contribution in [3.05, 3.63) is 65.2 Å². The summed E-state index contributed by atoms with van der Waals surface area (Å²) in [5.41, 5.74) is 6.71. The van der Waals surface area contributed by atoms with Crippen molar-refractivity contribution in [2.75, 3.05) is 6.61 Å². The molecule has 1 atom stereocenters. The molecule has 3 nitrogen and oxygen atoms in total. The fourth-order valence-corrected chi connectivity index (χ4v) is 2.38. The first-order chi connectivity index (χ1) is 10.3. The Kier molecular flexibility index (Phi) is 5.78. The molecular formula is C18H24N2O. The molecule has 2 aromatic rings. The lowest BCUT2D eigenvalue weighted by Gasteiger charge is -2.17. The molecule has 2 rings (SSSR count). The van der Waals surface area contributed by atoms with Gasteiger partial charge in [-0.05, 0) is 48.6 Å². The Morgan fingerprint density at radius 3 is 2.10 bits per heavy atom. The van der Waals surface area contributed by atoms with Crippen LogP contribution in [0.4, 0.5) is 0 Å². The lowest BCUT2D eigenvalue weighted by molar-refractivity contribution is 0.340. The Balaban J connectivity index is 2.07. The van der Waals surface area contributed by atoms with Gasteiger partial charge in [-0.15, -0.1) is 0 Å². The Labute approximate surface area is 127 Å². The van der Waals surface area contributed by atoms with Crippen molar-refractivity contribution >= 4 is 0 Å². The van der Waals surface area contributed by atoms with Crippen molar-refractivity contribution in [2.45, 2.75) is 32.7 Å². The van der Waals surface area contributed by atoms with E-state index >= 15 is 0 Å². The van der Waals surface area contributed by atoms with Crippen molar-refractivity contribution in [1.29, 1.82) is 0 Å². The average molecular weight is 284 g/mol. The number of aryl methyl sites for hydroxylation is 1. The average Bonchev–Trinajstić information content (AvgIpc) is 2.54. The predicted molar refractivity (Wildman–Crippen MR) is 87.2 cm³/mol. The monoisotopic (exact) mass is 284 g/mol. The highest BCUT2D eigenvalue weighted by atomic mass is 16.5. The summed E-state index contributed by atoms with van der Waals surface area (Å²) in [5, 5.41) is 0. The minimum Gasteiger partial charge on any atom is -0.494 e. The zero-order chi connectivity index (χ0) is 15.1. The second-order valence-electron chi connectivity index (χ2n) is 5.10. The molecule has 0 saturated heterocycles. The van der Waals surface area contributed by atoms with Crippen LogP contribution in [0.3, 0.4) is 0 Å². The van der Waals surface area contributed by atoms with Crippen LogP contribution in [0.15, 0.2) is 48.5 Å². The summed E-state index contributed by atoms with van der Waals surface area (Å²) < 4.78 is 5.47. The zero-order valence-corrected chi connectivity index (χ0v) is 12.8. The molecule has 3 heteroatoms. The van der Waals surface area contributed by atoms with E-state index < -0.39 is 0 Å². The molecule has 0 aliphatic rings. The lowest BCUT2D eigenvalue weighted by atomic mass is 9.98. The predicted octanol–water partition coefficient (Wildman–Crippen LogP) is 3.39. The summed E-state index contributed by atoms with van der Waals surface area (Å²) in [4.78, 5) is 0. The van der Waals surface area contributed by atoms with Crippen LogP contribution in [0.1, 0.15) is 36.6 Å². The van der Waals surface area contributed by atoms with E-state index in [0.29, 0.717) is 6.61 Å². The van der Waals surface area contributed by atoms with Crippen LogP contribution in [0.2, 0.25) is 0 Å². The molecule has 0 radical (unpaired) electrons. The van der Waals surface area contributed by atoms with E-state index in [2.05, 4.69) is 48.7 Å². The number of hydrazine groups is 1. The minimum absolute atomic E-state index is 0.105. The van der Waals surface area contributed by atoms with Gasteiger partial charge >= 0.3 is 0 Å². The van der Waals surface area contributed by atoms with Gasteiger partial charge in [0.05, 0.1) is 6.61 Å². The van der Waals surface area contributed by atoms with Crippen LogP contribution in [-0.2, 0) is 12.8 Å². The van der Waals surface area contributed by atoms with Crippen molar-refractivity contribution in [3.63, 3.8) is 0 Å². The van der Waals surface area contributed by atoms with Crippen LogP contribution < -0.4 is 16.0 Å². The maximum absolute atomic E-state index is 5.72. The third-order valence-electron chi connectivity index (χ3n) is 3.67. The van der Waals surface area contributed by atoms with Gasteiger partial charge in [-0.1, -0.05) is 43.3 Å². The SMILES string of the molecule is CCOc1ccc(C(Cc2ccc(CC)cc2)NN)cc1. The van der Waals surface area contributed by atoms with Crippen molar-refractivity contribution in [2.24, 2.45) is 5.84 Å². The highest BCUT2D eigenvalue weighted by Crippen LogP contribution is 2.21. The summed E-state index contributed by atoms with van der Waals surface area (Å²) in [5.74, 6) is 6.62. The van der Waals surface area contributed by atoms with Crippen molar-refractivity contribution in [3.8, 4) is 5.75 Å². The van der Waals surface area contributed by atoms with Gasteiger partial charge in [0.15, 0.2) is 0 Å². The van der Waals surface area contributed by atoms with Crippen LogP contribution in [0.25, 0.3) is 0 Å². The van der Waals surface area contributed by atoms with Gasteiger partial charge < -0.3 is 4.74 Å². The van der Waals surface area contributed by atoms with Gasteiger partial charge in [-0.2, -0.15) is 0 Å². The molecule has 2 aromatic carbocycles. The fraction of sp³-hybridized carbons (Fsp3) is 0.333. The maximum Gasteiger partial charge on any atom is 0.119 e. The third-order valence-corrected chi connectivity index (χ3v) is 3.67. The fourth-order valence-electron chi connectivity index (χ4n) is 2.38. The van der Waals surface area contributed by atoms with Crippen molar-refractivity contribution in [1.82, 2.24) is 5.43 Å². The summed E-state index contributed by atoms with van der Waals surface area (Å²) in [6, 6.07) is 16.9. The number of ether oxygens (including phenoxy) is 1. The number of hydrogen-bond acceptors (Lipinski definition) is 3. The second kappa shape index (κ2) is 7.81. The number of nitrogens with two attached hydrogens (primary N) is 1.